The highest BCUT2D eigenvalue weighted by molar-refractivity contribution is 4.82. The number of rotatable bonds is 7. The predicted octanol–water partition coefficient (Wildman–Crippen LogP) is 1.61. The fourth-order valence-electron chi connectivity index (χ4n) is 3.37. The van der Waals surface area contributed by atoms with E-state index in [0.717, 1.165) is 19.8 Å². The molecule has 0 radical (unpaired) electrons. The zero-order chi connectivity index (χ0) is 14.2. The maximum Gasteiger partial charge on any atom is 0.0620 e. The van der Waals surface area contributed by atoms with Crippen LogP contribution in [0.4, 0.5) is 0 Å². The third-order valence-electron chi connectivity index (χ3n) is 4.57. The van der Waals surface area contributed by atoms with Crippen molar-refractivity contribution in [3.8, 4) is 0 Å². The average molecular weight is 283 g/mol. The molecule has 0 amide bonds. The molecule has 0 aliphatic carbocycles. The predicted molar refractivity (Wildman–Crippen MR) is 84.2 cm³/mol. The van der Waals surface area contributed by atoms with E-state index < -0.39 is 0 Å². The highest BCUT2D eigenvalue weighted by atomic mass is 16.5. The number of hydrogen-bond acceptors (Lipinski definition) is 4. The van der Waals surface area contributed by atoms with Crippen molar-refractivity contribution in [2.24, 2.45) is 0 Å². The number of unbranched alkanes of at least 4 members (excludes halogenated alkanes) is 1. The summed E-state index contributed by atoms with van der Waals surface area (Å²) in [6.45, 7) is 11.2. The van der Waals surface area contributed by atoms with Gasteiger partial charge >= 0.3 is 0 Å². The van der Waals surface area contributed by atoms with Crippen LogP contribution in [0.25, 0.3) is 0 Å². The largest absolute Gasteiger partial charge is 0.379 e. The summed E-state index contributed by atoms with van der Waals surface area (Å²) in [5, 5.41) is 7.36. The second kappa shape index (κ2) is 8.98. The zero-order valence-electron chi connectivity index (χ0n) is 13.4. The lowest BCUT2D eigenvalue weighted by molar-refractivity contribution is 0.0700. The van der Waals surface area contributed by atoms with Crippen molar-refractivity contribution in [1.82, 2.24) is 15.5 Å². The van der Waals surface area contributed by atoms with E-state index in [-0.39, 0.29) is 0 Å². The van der Waals surface area contributed by atoms with Crippen molar-refractivity contribution >= 4 is 0 Å². The van der Waals surface area contributed by atoms with Gasteiger partial charge in [-0.3, -0.25) is 0 Å². The summed E-state index contributed by atoms with van der Waals surface area (Å²) in [4.78, 5) is 2.63. The molecule has 2 fully saturated rings. The molecular formula is C16H33N3O. The number of nitrogens with one attached hydrogen (secondary N) is 2. The first-order valence-electron chi connectivity index (χ1n) is 8.57. The Kier molecular flexibility index (Phi) is 7.28. The molecule has 2 atom stereocenters. The third kappa shape index (κ3) is 5.68. The standard InChI is InChI=1S/C16H33N3O/c1-3-4-8-19-9-5-15(6-10-19)18-14(2)12-16-13-20-11-7-17-16/h14-18H,3-13H2,1-2H3. The molecule has 118 valence electrons. The minimum Gasteiger partial charge on any atom is -0.379 e. The molecule has 4 nitrogen and oxygen atoms in total. The zero-order valence-corrected chi connectivity index (χ0v) is 13.4. The Bertz CT molecular complexity index is 248. The van der Waals surface area contributed by atoms with Gasteiger partial charge in [0.1, 0.15) is 0 Å². The van der Waals surface area contributed by atoms with Crippen LogP contribution < -0.4 is 10.6 Å². The van der Waals surface area contributed by atoms with Crippen LogP contribution in [0, 0.1) is 0 Å². The summed E-state index contributed by atoms with van der Waals surface area (Å²) in [6.07, 6.45) is 6.45. The highest BCUT2D eigenvalue weighted by Crippen LogP contribution is 2.13. The van der Waals surface area contributed by atoms with Gasteiger partial charge in [-0.2, -0.15) is 0 Å². The van der Waals surface area contributed by atoms with E-state index >= 15 is 0 Å². The number of likely N-dealkylation sites (tertiary alicyclic amines) is 1. The molecule has 2 aliphatic rings. The molecule has 4 heteroatoms. The Labute approximate surface area is 124 Å². The molecule has 2 rings (SSSR count). The van der Waals surface area contributed by atoms with Crippen LogP contribution in [0.2, 0.25) is 0 Å². The quantitative estimate of drug-likeness (QED) is 0.744. The Balaban J connectivity index is 1.59. The van der Waals surface area contributed by atoms with E-state index in [4.69, 9.17) is 4.74 Å². The van der Waals surface area contributed by atoms with Crippen LogP contribution in [0.5, 0.6) is 0 Å². The molecule has 2 aliphatic heterocycles. The van der Waals surface area contributed by atoms with Crippen molar-refractivity contribution in [3.63, 3.8) is 0 Å². The van der Waals surface area contributed by atoms with E-state index in [9.17, 15) is 0 Å². The molecule has 0 bridgehead atoms. The van der Waals surface area contributed by atoms with Gasteiger partial charge in [0, 0.05) is 24.7 Å². The van der Waals surface area contributed by atoms with Crippen molar-refractivity contribution in [3.05, 3.63) is 0 Å². The summed E-state index contributed by atoms with van der Waals surface area (Å²) < 4.78 is 5.53. The molecule has 2 saturated heterocycles. The Morgan fingerprint density at radius 1 is 1.35 bits per heavy atom. The second-order valence-corrected chi connectivity index (χ2v) is 6.50. The number of nitrogens with zero attached hydrogens (tertiary/aromatic N) is 1. The van der Waals surface area contributed by atoms with E-state index in [0.29, 0.717) is 18.1 Å². The van der Waals surface area contributed by atoms with Gasteiger partial charge in [0.2, 0.25) is 0 Å². The summed E-state index contributed by atoms with van der Waals surface area (Å²) in [5.74, 6) is 0. The normalized spacial score (nSPS) is 27.6. The molecule has 0 aromatic carbocycles. The number of piperidine rings is 1. The average Bonchev–Trinajstić information content (AvgIpc) is 2.47. The molecule has 0 saturated carbocycles. The molecule has 0 aromatic heterocycles. The fraction of sp³-hybridized carbons (Fsp3) is 1.00. The lowest BCUT2D eigenvalue weighted by Crippen LogP contribution is -2.49. The van der Waals surface area contributed by atoms with Crippen molar-refractivity contribution in [1.29, 1.82) is 0 Å². The van der Waals surface area contributed by atoms with Gasteiger partial charge in [0.25, 0.3) is 0 Å². The maximum absolute atomic E-state index is 5.53. The monoisotopic (exact) mass is 283 g/mol. The van der Waals surface area contributed by atoms with Crippen molar-refractivity contribution in [2.45, 2.75) is 64.1 Å². The van der Waals surface area contributed by atoms with Crippen LogP contribution >= 0.6 is 0 Å². The molecule has 2 unspecified atom stereocenters. The summed E-state index contributed by atoms with van der Waals surface area (Å²) in [6, 6.07) is 1.84. The van der Waals surface area contributed by atoms with E-state index in [1.165, 1.54) is 51.7 Å². The van der Waals surface area contributed by atoms with Crippen LogP contribution in [-0.2, 0) is 4.74 Å². The molecule has 2 N–H and O–H groups in total. The van der Waals surface area contributed by atoms with Gasteiger partial charge in [-0.25, -0.2) is 0 Å². The first kappa shape index (κ1) is 16.2. The van der Waals surface area contributed by atoms with Crippen LogP contribution in [0.15, 0.2) is 0 Å². The number of morpholine rings is 1. The molecule has 0 spiro atoms. The highest BCUT2D eigenvalue weighted by Gasteiger charge is 2.22. The molecule has 20 heavy (non-hydrogen) atoms. The minimum absolute atomic E-state index is 0.538. The smallest absolute Gasteiger partial charge is 0.0620 e. The minimum atomic E-state index is 0.538. The Morgan fingerprint density at radius 2 is 2.15 bits per heavy atom. The van der Waals surface area contributed by atoms with Gasteiger partial charge in [0.05, 0.1) is 13.2 Å². The van der Waals surface area contributed by atoms with Crippen molar-refractivity contribution < 1.29 is 4.74 Å². The second-order valence-electron chi connectivity index (χ2n) is 6.50. The van der Waals surface area contributed by atoms with Gasteiger partial charge in [-0.05, 0) is 52.2 Å². The van der Waals surface area contributed by atoms with Gasteiger partial charge in [-0.1, -0.05) is 13.3 Å². The van der Waals surface area contributed by atoms with Gasteiger partial charge < -0.3 is 20.3 Å². The van der Waals surface area contributed by atoms with Crippen LogP contribution in [0.1, 0.15) is 46.0 Å². The van der Waals surface area contributed by atoms with Crippen LogP contribution in [0.3, 0.4) is 0 Å². The fourth-order valence-corrected chi connectivity index (χ4v) is 3.37. The van der Waals surface area contributed by atoms with Gasteiger partial charge in [0.15, 0.2) is 0 Å². The number of ether oxygens (including phenoxy) is 1. The van der Waals surface area contributed by atoms with E-state index in [1.807, 2.05) is 0 Å². The molecular weight excluding hydrogens is 250 g/mol. The summed E-state index contributed by atoms with van der Waals surface area (Å²) >= 11 is 0. The lowest BCUT2D eigenvalue weighted by atomic mass is 10.0. The molecule has 0 aromatic rings. The Morgan fingerprint density at radius 3 is 2.80 bits per heavy atom. The first-order chi connectivity index (χ1) is 9.78. The first-order valence-corrected chi connectivity index (χ1v) is 8.57. The maximum atomic E-state index is 5.53. The molecule has 2 heterocycles. The topological polar surface area (TPSA) is 36.5 Å². The van der Waals surface area contributed by atoms with Gasteiger partial charge in [-0.15, -0.1) is 0 Å². The lowest BCUT2D eigenvalue weighted by Gasteiger charge is -2.35. The summed E-state index contributed by atoms with van der Waals surface area (Å²) in [7, 11) is 0. The number of hydrogen-bond donors (Lipinski definition) is 2. The summed E-state index contributed by atoms with van der Waals surface area (Å²) in [5.41, 5.74) is 0. The Hall–Kier alpha value is -0.160. The third-order valence-corrected chi connectivity index (χ3v) is 4.57. The SMILES string of the molecule is CCCCN1CCC(NC(C)CC2COCCN2)CC1. The van der Waals surface area contributed by atoms with E-state index in [1.54, 1.807) is 0 Å². The van der Waals surface area contributed by atoms with Crippen molar-refractivity contribution in [2.75, 3.05) is 39.4 Å². The van der Waals surface area contributed by atoms with E-state index in [2.05, 4.69) is 29.4 Å². The van der Waals surface area contributed by atoms with Crippen LogP contribution in [-0.4, -0.2) is 62.4 Å².